The Morgan fingerprint density at radius 1 is 1.05 bits per heavy atom. The van der Waals surface area contributed by atoms with Crippen LogP contribution in [0.4, 0.5) is 5.95 Å². The summed E-state index contributed by atoms with van der Waals surface area (Å²) < 4.78 is 27.5. The number of nitrogens with one attached hydrogen (secondary N) is 2. The van der Waals surface area contributed by atoms with Crippen molar-refractivity contribution in [2.24, 2.45) is 0 Å². The highest BCUT2D eigenvalue weighted by Gasteiger charge is 2.23. The molecule has 1 heterocycles. The van der Waals surface area contributed by atoms with Gasteiger partial charge in [-0.25, -0.2) is 13.1 Å². The van der Waals surface area contributed by atoms with Crippen LogP contribution in [0.15, 0.2) is 11.0 Å². The number of aryl methyl sites for hydroxylation is 3. The normalized spacial score (nSPS) is 11.7. The average molecular weight is 294 g/mol. The van der Waals surface area contributed by atoms with E-state index in [1.54, 1.807) is 20.8 Å². The molecule has 2 rings (SSSR count). The minimum atomic E-state index is -3.70. The molecule has 0 saturated heterocycles. The molecule has 0 atom stereocenters. The summed E-state index contributed by atoms with van der Waals surface area (Å²) in [6.07, 6.45) is 0. The first-order valence-corrected chi connectivity index (χ1v) is 7.70. The minimum Gasteiger partial charge on any atom is -0.261 e. The highest BCUT2D eigenvalue weighted by atomic mass is 32.2. The predicted octanol–water partition coefficient (Wildman–Crippen LogP) is 2.15. The third-order valence-electron chi connectivity index (χ3n) is 3.39. The van der Waals surface area contributed by atoms with E-state index in [1.165, 1.54) is 0 Å². The molecule has 0 aliphatic rings. The number of anilines is 1. The van der Waals surface area contributed by atoms with E-state index in [4.69, 9.17) is 0 Å². The fourth-order valence-corrected chi connectivity index (χ4v) is 3.71. The van der Waals surface area contributed by atoms with Gasteiger partial charge in [0.1, 0.15) is 5.82 Å². The van der Waals surface area contributed by atoms with E-state index in [9.17, 15) is 8.42 Å². The van der Waals surface area contributed by atoms with Crippen LogP contribution in [0.3, 0.4) is 0 Å². The number of aromatic nitrogens is 3. The van der Waals surface area contributed by atoms with Crippen LogP contribution < -0.4 is 4.72 Å². The molecule has 0 fully saturated rings. The monoisotopic (exact) mass is 294 g/mol. The molecule has 0 aliphatic heterocycles. The molecule has 0 radical (unpaired) electrons. The van der Waals surface area contributed by atoms with Crippen LogP contribution in [0.2, 0.25) is 0 Å². The summed E-state index contributed by atoms with van der Waals surface area (Å²) in [6.45, 7) is 9.12. The molecule has 1 aromatic heterocycles. The van der Waals surface area contributed by atoms with Gasteiger partial charge in [0, 0.05) is 0 Å². The van der Waals surface area contributed by atoms with Gasteiger partial charge >= 0.3 is 0 Å². The molecule has 2 N–H and O–H groups in total. The Morgan fingerprint density at radius 2 is 1.60 bits per heavy atom. The van der Waals surface area contributed by atoms with E-state index in [0.29, 0.717) is 10.7 Å². The van der Waals surface area contributed by atoms with Crippen LogP contribution >= 0.6 is 0 Å². The van der Waals surface area contributed by atoms with Crippen LogP contribution in [0.5, 0.6) is 0 Å². The zero-order chi connectivity index (χ0) is 15.1. The molecule has 2 aromatic rings. The molecule has 20 heavy (non-hydrogen) atoms. The van der Waals surface area contributed by atoms with Gasteiger partial charge in [-0.2, -0.15) is 4.98 Å². The van der Waals surface area contributed by atoms with E-state index in [1.807, 2.05) is 19.9 Å². The molecule has 0 bridgehead atoms. The lowest BCUT2D eigenvalue weighted by Crippen LogP contribution is -2.17. The average Bonchev–Trinajstić information content (AvgIpc) is 2.71. The molecule has 1 aromatic carbocycles. The zero-order valence-corrected chi connectivity index (χ0v) is 13.0. The van der Waals surface area contributed by atoms with Gasteiger partial charge in [0.15, 0.2) is 0 Å². The van der Waals surface area contributed by atoms with E-state index in [0.717, 1.165) is 22.3 Å². The second kappa shape index (κ2) is 4.90. The Hall–Kier alpha value is -1.89. The van der Waals surface area contributed by atoms with E-state index >= 15 is 0 Å². The lowest BCUT2D eigenvalue weighted by Gasteiger charge is -2.15. The number of hydrogen-bond acceptors (Lipinski definition) is 4. The largest absolute Gasteiger partial charge is 0.264 e. The Bertz CT molecular complexity index is 737. The lowest BCUT2D eigenvalue weighted by atomic mass is 10.0. The van der Waals surface area contributed by atoms with Crippen LogP contribution in [0, 0.1) is 34.6 Å². The number of benzene rings is 1. The van der Waals surface area contributed by atoms with Crippen LogP contribution in [0.1, 0.15) is 28.1 Å². The van der Waals surface area contributed by atoms with Crippen molar-refractivity contribution in [1.29, 1.82) is 0 Å². The third-order valence-corrected chi connectivity index (χ3v) is 4.99. The Balaban J connectivity index is 2.55. The fraction of sp³-hybridized carbons (Fsp3) is 0.385. The number of hydrogen-bond donors (Lipinski definition) is 2. The smallest absolute Gasteiger partial charge is 0.261 e. The molecule has 6 nitrogen and oxygen atoms in total. The number of H-pyrrole nitrogens is 1. The first-order chi connectivity index (χ1) is 9.22. The van der Waals surface area contributed by atoms with Crippen molar-refractivity contribution < 1.29 is 8.42 Å². The van der Waals surface area contributed by atoms with Gasteiger partial charge in [0.05, 0.1) is 4.90 Å². The Morgan fingerprint density at radius 3 is 2.05 bits per heavy atom. The topological polar surface area (TPSA) is 87.7 Å². The van der Waals surface area contributed by atoms with Crippen molar-refractivity contribution in [3.8, 4) is 0 Å². The molecular weight excluding hydrogens is 276 g/mol. The first kappa shape index (κ1) is 14.5. The quantitative estimate of drug-likeness (QED) is 0.908. The van der Waals surface area contributed by atoms with E-state index in [2.05, 4.69) is 19.9 Å². The van der Waals surface area contributed by atoms with Crippen LogP contribution in [-0.2, 0) is 10.0 Å². The summed E-state index contributed by atoms with van der Waals surface area (Å²) in [5, 5.41) is 6.41. The third kappa shape index (κ3) is 2.53. The molecule has 108 valence electrons. The minimum absolute atomic E-state index is 0.0560. The standard InChI is InChI=1S/C13H18N4O2S/c1-7-6-8(2)10(4)12(9(7)3)20(18,19)17-13-14-11(5)15-16-13/h6H,1-5H3,(H2,14,15,16,17). The Kier molecular flexibility index (Phi) is 3.56. The van der Waals surface area contributed by atoms with Crippen molar-refractivity contribution in [3.05, 3.63) is 34.1 Å². The number of nitrogens with zero attached hydrogens (tertiary/aromatic N) is 2. The van der Waals surface area contributed by atoms with Crippen LogP contribution in [-0.4, -0.2) is 23.6 Å². The zero-order valence-electron chi connectivity index (χ0n) is 12.2. The maximum absolute atomic E-state index is 12.6. The molecule has 0 saturated carbocycles. The summed E-state index contributed by atoms with van der Waals surface area (Å²) in [4.78, 5) is 4.27. The van der Waals surface area contributed by atoms with Crippen molar-refractivity contribution in [2.45, 2.75) is 39.5 Å². The lowest BCUT2D eigenvalue weighted by molar-refractivity contribution is 0.599. The highest BCUT2D eigenvalue weighted by molar-refractivity contribution is 7.92. The van der Waals surface area contributed by atoms with Gasteiger partial charge in [0.25, 0.3) is 16.0 Å². The van der Waals surface area contributed by atoms with Gasteiger partial charge in [-0.1, -0.05) is 6.07 Å². The summed E-state index contributed by atoms with van der Waals surface area (Å²) in [5.74, 6) is 0.608. The van der Waals surface area contributed by atoms with E-state index in [-0.39, 0.29) is 5.95 Å². The number of sulfonamides is 1. The summed E-state index contributed by atoms with van der Waals surface area (Å²) in [6, 6.07) is 1.99. The Labute approximate surface area is 118 Å². The molecule has 0 spiro atoms. The van der Waals surface area contributed by atoms with Gasteiger partial charge in [-0.15, -0.1) is 5.10 Å². The predicted molar refractivity (Wildman–Crippen MR) is 77.3 cm³/mol. The molecule has 0 unspecified atom stereocenters. The summed E-state index contributed by atoms with van der Waals surface area (Å²) >= 11 is 0. The van der Waals surface area contributed by atoms with Gasteiger partial charge in [-0.3, -0.25) is 5.10 Å². The van der Waals surface area contributed by atoms with Crippen LogP contribution in [0.25, 0.3) is 0 Å². The first-order valence-electron chi connectivity index (χ1n) is 6.21. The SMILES string of the molecule is Cc1nc(NS(=O)(=O)c2c(C)c(C)cc(C)c2C)n[nH]1. The van der Waals surface area contributed by atoms with Gasteiger partial charge < -0.3 is 0 Å². The van der Waals surface area contributed by atoms with E-state index < -0.39 is 10.0 Å². The fourth-order valence-electron chi connectivity index (χ4n) is 2.14. The van der Waals surface area contributed by atoms with Crippen molar-refractivity contribution in [1.82, 2.24) is 15.2 Å². The molecular formula is C13H18N4O2S. The van der Waals surface area contributed by atoms with Gasteiger partial charge in [0.2, 0.25) is 0 Å². The van der Waals surface area contributed by atoms with Crippen molar-refractivity contribution in [2.75, 3.05) is 4.72 Å². The maximum atomic E-state index is 12.6. The molecule has 7 heteroatoms. The maximum Gasteiger partial charge on any atom is 0.264 e. The second-order valence-corrected chi connectivity index (χ2v) is 6.56. The van der Waals surface area contributed by atoms with Crippen molar-refractivity contribution in [3.63, 3.8) is 0 Å². The number of rotatable bonds is 3. The van der Waals surface area contributed by atoms with Crippen molar-refractivity contribution >= 4 is 16.0 Å². The summed E-state index contributed by atoms with van der Waals surface area (Å²) in [5.41, 5.74) is 3.38. The highest BCUT2D eigenvalue weighted by Crippen LogP contribution is 2.27. The number of aromatic amines is 1. The molecule has 0 amide bonds. The molecule has 0 aliphatic carbocycles. The second-order valence-electron chi connectivity index (χ2n) is 4.94. The van der Waals surface area contributed by atoms with Gasteiger partial charge in [-0.05, 0) is 56.9 Å². The summed E-state index contributed by atoms with van der Waals surface area (Å²) in [7, 11) is -3.70.